The van der Waals surface area contributed by atoms with Crippen molar-refractivity contribution in [2.45, 2.75) is 38.0 Å². The van der Waals surface area contributed by atoms with Crippen LogP contribution in [-0.2, 0) is 16.5 Å². The number of pyridine rings is 2. The summed E-state index contributed by atoms with van der Waals surface area (Å²) in [5, 5.41) is 23.4. The van der Waals surface area contributed by atoms with E-state index in [2.05, 4.69) is 15.3 Å². The van der Waals surface area contributed by atoms with E-state index in [4.69, 9.17) is 10.3 Å². The summed E-state index contributed by atoms with van der Waals surface area (Å²) in [6, 6.07) is 4.61. The molecule has 1 fully saturated rings. The van der Waals surface area contributed by atoms with Crippen LogP contribution in [0.15, 0.2) is 36.5 Å². The van der Waals surface area contributed by atoms with Crippen molar-refractivity contribution in [3.8, 4) is 11.3 Å². The van der Waals surface area contributed by atoms with Crippen molar-refractivity contribution < 1.29 is 41.1 Å². The largest absolute Gasteiger partial charge is 0.391 e. The molecule has 6 N–H and O–H groups in total. The van der Waals surface area contributed by atoms with E-state index in [1.807, 2.05) is 11.8 Å². The van der Waals surface area contributed by atoms with Crippen molar-refractivity contribution >= 4 is 27.4 Å². The number of piperidine rings is 1. The Morgan fingerprint density at radius 3 is 2.36 bits per heavy atom. The molecular weight excluding hydrogens is 579 g/mol. The Morgan fingerprint density at radius 2 is 1.74 bits per heavy atom. The van der Waals surface area contributed by atoms with Gasteiger partial charge in [0, 0.05) is 30.6 Å². The zero-order valence-corrected chi connectivity index (χ0v) is 23.4. The predicted molar refractivity (Wildman–Crippen MR) is 148 cm³/mol. The van der Waals surface area contributed by atoms with Crippen LogP contribution in [0.25, 0.3) is 11.3 Å². The lowest BCUT2D eigenvalue weighted by molar-refractivity contribution is 0.0784. The highest BCUT2D eigenvalue weighted by Gasteiger charge is 2.36. The molecule has 1 aromatic carbocycles. The lowest BCUT2D eigenvalue weighted by Gasteiger charge is -2.41. The second kappa shape index (κ2) is 12.3. The maximum atomic E-state index is 14.5. The molecule has 42 heavy (non-hydrogen) atoms. The van der Waals surface area contributed by atoms with Gasteiger partial charge in [-0.05, 0) is 37.1 Å². The number of aliphatic hydroxyl groups excluding tert-OH is 2. The van der Waals surface area contributed by atoms with Gasteiger partial charge in [0.25, 0.3) is 16.0 Å². The predicted octanol–water partition coefficient (Wildman–Crippen LogP) is 2.44. The van der Waals surface area contributed by atoms with Crippen molar-refractivity contribution in [1.29, 1.82) is 0 Å². The summed E-state index contributed by atoms with van der Waals surface area (Å²) >= 11 is 0. The number of nitrogens with zero attached hydrogens (tertiary/aromatic N) is 3. The van der Waals surface area contributed by atoms with Crippen molar-refractivity contribution in [3.05, 3.63) is 70.9 Å². The van der Waals surface area contributed by atoms with Gasteiger partial charge < -0.3 is 26.2 Å². The Bertz CT molecular complexity index is 1570. The highest BCUT2D eigenvalue weighted by molar-refractivity contribution is 7.85. The number of benzene rings is 1. The van der Waals surface area contributed by atoms with Gasteiger partial charge in [0.2, 0.25) is 0 Å². The molecule has 226 valence electrons. The molecular formula is C27H30F3N5O6S. The third-order valence-corrected chi connectivity index (χ3v) is 6.97. The first-order valence-electron chi connectivity index (χ1n) is 12.9. The molecule has 2 aromatic heterocycles. The summed E-state index contributed by atoms with van der Waals surface area (Å²) in [7, 11) is -3.67. The molecule has 1 aliphatic carbocycles. The minimum Gasteiger partial charge on any atom is -0.391 e. The smallest absolute Gasteiger partial charge is 0.274 e. The Kier molecular flexibility index (Phi) is 9.18. The molecule has 0 spiro atoms. The van der Waals surface area contributed by atoms with Gasteiger partial charge in [-0.1, -0.05) is 13.0 Å². The lowest BCUT2D eigenvalue weighted by Crippen LogP contribution is -2.56. The van der Waals surface area contributed by atoms with Crippen molar-refractivity contribution in [3.63, 3.8) is 0 Å². The molecule has 1 unspecified atom stereocenters. The maximum Gasteiger partial charge on any atom is 0.274 e. The van der Waals surface area contributed by atoms with Crippen molar-refractivity contribution in [1.82, 2.24) is 9.97 Å². The van der Waals surface area contributed by atoms with E-state index in [1.54, 1.807) is 0 Å². The van der Waals surface area contributed by atoms with E-state index in [1.165, 1.54) is 6.20 Å². The van der Waals surface area contributed by atoms with Crippen LogP contribution in [0, 0.1) is 23.4 Å². The monoisotopic (exact) mass is 609 g/mol. The quantitative estimate of drug-likeness (QED) is 0.276. The highest BCUT2D eigenvalue weighted by atomic mass is 32.2. The molecule has 0 radical (unpaired) electrons. The molecule has 1 saturated heterocycles. The zero-order valence-electron chi connectivity index (χ0n) is 22.6. The first-order valence-corrected chi connectivity index (χ1v) is 14.7. The molecule has 5 rings (SSSR count). The van der Waals surface area contributed by atoms with Crippen LogP contribution < -0.4 is 16.0 Å². The average molecular weight is 610 g/mol. The SMILES string of the molecule is CS(=O)(=O)O.C[C@H]1CN(c2c(NC(=O)c3ccc(F)c(-c4c(F)cccc4F)n3)cnc3c2CCC3O)C[C@@H](N)[C@@H]1O. The molecule has 1 amide bonds. The second-order valence-electron chi connectivity index (χ2n) is 10.3. The number of hydrogen-bond donors (Lipinski definition) is 5. The number of aromatic nitrogens is 2. The normalized spacial score (nSPS) is 21.8. The molecule has 4 atom stereocenters. The molecule has 0 bridgehead atoms. The minimum atomic E-state index is -3.67. The number of anilines is 2. The first-order chi connectivity index (χ1) is 19.7. The number of carbonyl (C=O) groups is 1. The van der Waals surface area contributed by atoms with Crippen LogP contribution in [0.5, 0.6) is 0 Å². The van der Waals surface area contributed by atoms with Crippen LogP contribution in [0.2, 0.25) is 0 Å². The Hall–Kier alpha value is -3.63. The van der Waals surface area contributed by atoms with Gasteiger partial charge in [-0.3, -0.25) is 14.3 Å². The van der Waals surface area contributed by atoms with Crippen LogP contribution in [-0.4, -0.2) is 70.5 Å². The van der Waals surface area contributed by atoms with Gasteiger partial charge in [-0.2, -0.15) is 8.42 Å². The summed E-state index contributed by atoms with van der Waals surface area (Å²) in [5.41, 5.74) is 6.85. The summed E-state index contributed by atoms with van der Waals surface area (Å²) in [4.78, 5) is 23.4. The van der Waals surface area contributed by atoms with Gasteiger partial charge >= 0.3 is 0 Å². The van der Waals surface area contributed by atoms with E-state index in [0.717, 1.165) is 35.9 Å². The molecule has 15 heteroatoms. The third-order valence-electron chi connectivity index (χ3n) is 6.97. The zero-order chi connectivity index (χ0) is 30.9. The summed E-state index contributed by atoms with van der Waals surface area (Å²) < 4.78 is 69.0. The topological polar surface area (TPSA) is 179 Å². The molecule has 11 nitrogen and oxygen atoms in total. The highest BCUT2D eigenvalue weighted by Crippen LogP contribution is 2.41. The lowest BCUT2D eigenvalue weighted by atomic mass is 9.92. The third kappa shape index (κ3) is 6.87. The molecule has 0 saturated carbocycles. The maximum absolute atomic E-state index is 14.5. The van der Waals surface area contributed by atoms with Gasteiger partial charge in [0.05, 0.1) is 47.3 Å². The number of hydrogen-bond acceptors (Lipinski definition) is 9. The van der Waals surface area contributed by atoms with Gasteiger partial charge in [0.1, 0.15) is 28.8 Å². The number of carbonyl (C=O) groups excluding carboxylic acids is 1. The summed E-state index contributed by atoms with van der Waals surface area (Å²) in [5.74, 6) is -3.90. The fourth-order valence-electron chi connectivity index (χ4n) is 5.11. The van der Waals surface area contributed by atoms with Crippen LogP contribution in [0.3, 0.4) is 0 Å². The molecule has 3 aromatic rings. The standard InChI is InChI=1S/C26H26F3N5O3.CH4O3S/c1-12-10-34(11-17(30)25(12)36)24-13-5-8-20(35)22(13)31-9-19(24)33-26(37)18-7-6-16(29)23(32-18)21-14(27)3-2-4-15(21)28;1-5(2,3)4/h2-4,6-7,9,12,17,20,25,35-36H,5,8,10-11,30H2,1H3,(H,33,37);1H3,(H,2,3,4)/t12-,17+,20?,25+;/m0./s1. The molecule has 2 aliphatic rings. The number of fused-ring (bicyclic) bond motifs is 1. The number of rotatable bonds is 4. The van der Waals surface area contributed by atoms with Crippen LogP contribution in [0.1, 0.15) is 41.2 Å². The van der Waals surface area contributed by atoms with Gasteiger partial charge in [0.15, 0.2) is 0 Å². The van der Waals surface area contributed by atoms with E-state index < -0.39 is 63.0 Å². The first kappa shape index (κ1) is 31.3. The minimum absolute atomic E-state index is 0.153. The molecule has 3 heterocycles. The average Bonchev–Trinajstić information content (AvgIpc) is 3.27. The Morgan fingerprint density at radius 1 is 1.10 bits per heavy atom. The van der Waals surface area contributed by atoms with E-state index in [0.29, 0.717) is 49.3 Å². The number of nitrogens with one attached hydrogen (secondary N) is 1. The fraction of sp³-hybridized carbons (Fsp3) is 0.370. The van der Waals surface area contributed by atoms with Gasteiger partial charge in [-0.25, -0.2) is 18.2 Å². The Balaban J connectivity index is 0.000000748. The van der Waals surface area contributed by atoms with Gasteiger partial charge in [-0.15, -0.1) is 0 Å². The van der Waals surface area contributed by atoms with Crippen molar-refractivity contribution in [2.75, 3.05) is 29.6 Å². The van der Waals surface area contributed by atoms with Crippen molar-refractivity contribution in [2.24, 2.45) is 11.7 Å². The van der Waals surface area contributed by atoms with Crippen LogP contribution >= 0.6 is 0 Å². The fourth-order valence-corrected chi connectivity index (χ4v) is 5.11. The number of halogens is 3. The number of amides is 1. The second-order valence-corrected chi connectivity index (χ2v) is 11.8. The summed E-state index contributed by atoms with van der Waals surface area (Å²) in [6.07, 6.45) is 1.71. The van der Waals surface area contributed by atoms with E-state index in [-0.39, 0.29) is 11.6 Å². The van der Waals surface area contributed by atoms with E-state index in [9.17, 15) is 36.6 Å². The van der Waals surface area contributed by atoms with Crippen LogP contribution in [0.4, 0.5) is 24.5 Å². The number of aliphatic hydroxyl groups is 2. The number of nitrogens with two attached hydrogens (primary N) is 1. The molecule has 1 aliphatic heterocycles. The Labute approximate surface area is 240 Å². The van der Waals surface area contributed by atoms with E-state index >= 15 is 0 Å². The summed E-state index contributed by atoms with van der Waals surface area (Å²) in [6.45, 7) is 2.64.